The van der Waals surface area contributed by atoms with Gasteiger partial charge in [0.15, 0.2) is 0 Å². The Morgan fingerprint density at radius 3 is 2.53 bits per heavy atom. The molecule has 2 aromatic rings. The predicted molar refractivity (Wildman–Crippen MR) is 68.2 cm³/mol. The summed E-state index contributed by atoms with van der Waals surface area (Å²) in [7, 11) is 1.64. The molecule has 0 saturated heterocycles. The predicted octanol–water partition coefficient (Wildman–Crippen LogP) is 2.86. The van der Waals surface area contributed by atoms with Crippen molar-refractivity contribution in [2.75, 3.05) is 12.8 Å². The fraction of sp³-hybridized carbons (Fsp3) is 0.143. The molecule has 0 radical (unpaired) electrons. The van der Waals surface area contributed by atoms with Crippen molar-refractivity contribution in [3.8, 4) is 11.5 Å². The molecule has 0 aliphatic carbocycles. The second-order valence-corrected chi connectivity index (χ2v) is 3.67. The van der Waals surface area contributed by atoms with E-state index in [9.17, 15) is 0 Å². The first-order valence-corrected chi connectivity index (χ1v) is 5.40. The van der Waals surface area contributed by atoms with Crippen molar-refractivity contribution in [1.29, 1.82) is 0 Å². The molecule has 0 fully saturated rings. The summed E-state index contributed by atoms with van der Waals surface area (Å²) in [4.78, 5) is 0. The average Bonchev–Trinajstić information content (AvgIpc) is 2.38. The molecule has 0 bridgehead atoms. The van der Waals surface area contributed by atoms with Crippen LogP contribution in [0.15, 0.2) is 48.5 Å². The zero-order valence-electron chi connectivity index (χ0n) is 9.72. The molecule has 0 saturated carbocycles. The Hall–Kier alpha value is -2.16. The van der Waals surface area contributed by atoms with Crippen LogP contribution in [-0.4, -0.2) is 7.11 Å². The van der Waals surface area contributed by atoms with Crippen LogP contribution in [0.2, 0.25) is 0 Å². The zero-order valence-corrected chi connectivity index (χ0v) is 9.72. The van der Waals surface area contributed by atoms with Crippen molar-refractivity contribution in [2.45, 2.75) is 6.61 Å². The summed E-state index contributed by atoms with van der Waals surface area (Å²) in [5.74, 6) is 1.62. The average molecular weight is 229 g/mol. The van der Waals surface area contributed by atoms with Gasteiger partial charge in [0, 0.05) is 11.3 Å². The molecule has 0 aromatic heterocycles. The lowest BCUT2D eigenvalue weighted by molar-refractivity contribution is 0.297. The Kier molecular flexibility index (Phi) is 3.50. The third-order valence-corrected chi connectivity index (χ3v) is 2.44. The van der Waals surface area contributed by atoms with Crippen LogP contribution in [0.3, 0.4) is 0 Å². The highest BCUT2D eigenvalue weighted by Crippen LogP contribution is 2.22. The van der Waals surface area contributed by atoms with Crippen LogP contribution < -0.4 is 15.2 Å². The first-order chi connectivity index (χ1) is 8.29. The van der Waals surface area contributed by atoms with Crippen LogP contribution in [0.4, 0.5) is 5.69 Å². The maximum absolute atomic E-state index is 5.74. The van der Waals surface area contributed by atoms with E-state index < -0.39 is 0 Å². The van der Waals surface area contributed by atoms with E-state index in [1.165, 1.54) is 0 Å². The van der Waals surface area contributed by atoms with Gasteiger partial charge >= 0.3 is 0 Å². The number of benzene rings is 2. The Balaban J connectivity index is 2.11. The highest BCUT2D eigenvalue weighted by molar-refractivity contribution is 5.47. The van der Waals surface area contributed by atoms with Gasteiger partial charge in [0.25, 0.3) is 0 Å². The quantitative estimate of drug-likeness (QED) is 0.820. The summed E-state index contributed by atoms with van der Waals surface area (Å²) < 4.78 is 10.9. The zero-order chi connectivity index (χ0) is 12.1. The maximum Gasteiger partial charge on any atom is 0.125 e. The largest absolute Gasteiger partial charge is 0.496 e. The van der Waals surface area contributed by atoms with E-state index in [0.717, 1.165) is 17.1 Å². The lowest BCUT2D eigenvalue weighted by Gasteiger charge is -2.10. The van der Waals surface area contributed by atoms with Gasteiger partial charge in [-0.05, 0) is 30.3 Å². The fourth-order valence-electron chi connectivity index (χ4n) is 1.59. The second-order valence-electron chi connectivity index (χ2n) is 3.67. The number of nitrogen functional groups attached to an aromatic ring is 1. The van der Waals surface area contributed by atoms with Crippen molar-refractivity contribution in [3.05, 3.63) is 54.1 Å². The van der Waals surface area contributed by atoms with E-state index in [2.05, 4.69) is 0 Å². The minimum Gasteiger partial charge on any atom is -0.496 e. The van der Waals surface area contributed by atoms with Crippen LogP contribution in [0.25, 0.3) is 0 Å². The van der Waals surface area contributed by atoms with Gasteiger partial charge in [-0.2, -0.15) is 0 Å². The highest BCUT2D eigenvalue weighted by atomic mass is 16.5. The lowest BCUT2D eigenvalue weighted by Crippen LogP contribution is -2.00. The molecule has 88 valence electrons. The third-order valence-electron chi connectivity index (χ3n) is 2.44. The normalized spacial score (nSPS) is 9.94. The van der Waals surface area contributed by atoms with Gasteiger partial charge in [0.1, 0.15) is 18.1 Å². The van der Waals surface area contributed by atoms with Crippen molar-refractivity contribution in [3.63, 3.8) is 0 Å². The van der Waals surface area contributed by atoms with Gasteiger partial charge in [-0.25, -0.2) is 0 Å². The first-order valence-electron chi connectivity index (χ1n) is 5.40. The first kappa shape index (κ1) is 11.3. The van der Waals surface area contributed by atoms with Crippen molar-refractivity contribution < 1.29 is 9.47 Å². The molecule has 0 atom stereocenters. The Morgan fingerprint density at radius 2 is 1.82 bits per heavy atom. The van der Waals surface area contributed by atoms with Crippen LogP contribution >= 0.6 is 0 Å². The minimum absolute atomic E-state index is 0.443. The van der Waals surface area contributed by atoms with Gasteiger partial charge in [-0.3, -0.25) is 0 Å². The van der Waals surface area contributed by atoms with E-state index in [1.807, 2.05) is 48.5 Å². The van der Waals surface area contributed by atoms with Crippen LogP contribution in [0, 0.1) is 0 Å². The lowest BCUT2D eigenvalue weighted by atomic mass is 10.2. The van der Waals surface area contributed by atoms with E-state index in [0.29, 0.717) is 12.3 Å². The molecule has 2 N–H and O–H groups in total. The number of ether oxygens (including phenoxy) is 2. The number of rotatable bonds is 4. The molecule has 3 nitrogen and oxygen atoms in total. The number of nitrogens with two attached hydrogens (primary N) is 1. The minimum atomic E-state index is 0.443. The van der Waals surface area contributed by atoms with Crippen LogP contribution in [-0.2, 0) is 6.61 Å². The third kappa shape index (κ3) is 2.91. The van der Waals surface area contributed by atoms with Gasteiger partial charge in [0.05, 0.1) is 7.11 Å². The summed E-state index contributed by atoms with van der Waals surface area (Å²) in [6, 6.07) is 15.2. The standard InChI is InChI=1S/C14H15NO2/c1-16-14-8-7-12(15)9-11(14)10-17-13-5-3-2-4-6-13/h2-9H,10,15H2,1H3. The molecule has 0 unspecified atom stereocenters. The molecule has 2 rings (SSSR count). The molecule has 0 aliphatic rings. The van der Waals surface area contributed by atoms with Gasteiger partial charge in [0.2, 0.25) is 0 Å². The Bertz CT molecular complexity index is 483. The molecule has 0 heterocycles. The topological polar surface area (TPSA) is 44.5 Å². The number of methoxy groups -OCH3 is 1. The molecular formula is C14H15NO2. The summed E-state index contributed by atoms with van der Waals surface area (Å²) in [5, 5.41) is 0. The monoisotopic (exact) mass is 229 g/mol. The second kappa shape index (κ2) is 5.25. The summed E-state index contributed by atoms with van der Waals surface area (Å²) in [5.41, 5.74) is 7.39. The van der Waals surface area contributed by atoms with Crippen LogP contribution in [0.5, 0.6) is 11.5 Å². The van der Waals surface area contributed by atoms with E-state index in [-0.39, 0.29) is 0 Å². The molecule has 3 heteroatoms. The molecule has 0 spiro atoms. The summed E-state index contributed by atoms with van der Waals surface area (Å²) in [6.07, 6.45) is 0. The number of para-hydroxylation sites is 1. The number of hydrogen-bond acceptors (Lipinski definition) is 3. The van der Waals surface area contributed by atoms with Gasteiger partial charge in [-0.1, -0.05) is 18.2 Å². The van der Waals surface area contributed by atoms with Crippen molar-refractivity contribution in [1.82, 2.24) is 0 Å². The number of hydrogen-bond donors (Lipinski definition) is 1. The van der Waals surface area contributed by atoms with Gasteiger partial charge < -0.3 is 15.2 Å². The van der Waals surface area contributed by atoms with Crippen molar-refractivity contribution in [2.24, 2.45) is 0 Å². The van der Waals surface area contributed by atoms with E-state index >= 15 is 0 Å². The molecule has 0 amide bonds. The Morgan fingerprint density at radius 1 is 1.06 bits per heavy atom. The van der Waals surface area contributed by atoms with Crippen molar-refractivity contribution >= 4 is 5.69 Å². The summed E-state index contributed by atoms with van der Waals surface area (Å²) >= 11 is 0. The highest BCUT2D eigenvalue weighted by Gasteiger charge is 2.04. The SMILES string of the molecule is COc1ccc(N)cc1COc1ccccc1. The molecular weight excluding hydrogens is 214 g/mol. The Labute approximate surface area is 101 Å². The summed E-state index contributed by atoms with van der Waals surface area (Å²) in [6.45, 7) is 0.443. The fourth-order valence-corrected chi connectivity index (χ4v) is 1.59. The number of anilines is 1. The molecule has 17 heavy (non-hydrogen) atoms. The van der Waals surface area contributed by atoms with E-state index in [4.69, 9.17) is 15.2 Å². The molecule has 0 aliphatic heterocycles. The smallest absolute Gasteiger partial charge is 0.125 e. The molecule has 2 aromatic carbocycles. The van der Waals surface area contributed by atoms with Crippen LogP contribution in [0.1, 0.15) is 5.56 Å². The maximum atomic E-state index is 5.74. The van der Waals surface area contributed by atoms with E-state index in [1.54, 1.807) is 7.11 Å². The van der Waals surface area contributed by atoms with Gasteiger partial charge in [-0.15, -0.1) is 0 Å².